The number of nitrogens with one attached hydrogen (secondary N) is 2. The highest BCUT2D eigenvalue weighted by Crippen LogP contribution is 2.22. The number of nitrogens with zero attached hydrogens (tertiary/aromatic N) is 3. The van der Waals surface area contributed by atoms with Gasteiger partial charge in [0, 0.05) is 11.4 Å². The van der Waals surface area contributed by atoms with Crippen LogP contribution in [-0.4, -0.2) is 26.2 Å². The second-order valence-electron chi connectivity index (χ2n) is 4.70. The van der Waals surface area contributed by atoms with E-state index >= 15 is 0 Å². The van der Waals surface area contributed by atoms with Crippen LogP contribution in [0.3, 0.4) is 0 Å². The van der Waals surface area contributed by atoms with Gasteiger partial charge in [-0.05, 0) is 50.0 Å². The number of rotatable bonds is 2. The van der Waals surface area contributed by atoms with E-state index in [4.69, 9.17) is 0 Å². The average molecular weight is 287 g/mol. The van der Waals surface area contributed by atoms with Crippen molar-refractivity contribution in [1.29, 1.82) is 0 Å². The van der Waals surface area contributed by atoms with Gasteiger partial charge in [-0.3, -0.25) is 4.79 Å². The first-order valence-corrected chi connectivity index (χ1v) is 6.89. The van der Waals surface area contributed by atoms with E-state index in [1.165, 1.54) is 11.5 Å². The molecule has 1 aliphatic heterocycles. The van der Waals surface area contributed by atoms with E-state index in [1.807, 2.05) is 32.9 Å². The van der Waals surface area contributed by atoms with Crippen molar-refractivity contribution in [3.05, 3.63) is 39.2 Å². The van der Waals surface area contributed by atoms with Crippen molar-refractivity contribution in [2.75, 3.05) is 0 Å². The van der Waals surface area contributed by atoms with Gasteiger partial charge in [0.2, 0.25) is 0 Å². The van der Waals surface area contributed by atoms with Gasteiger partial charge in [0.15, 0.2) is 0 Å². The van der Waals surface area contributed by atoms with Gasteiger partial charge in [-0.15, -0.1) is 5.10 Å². The van der Waals surface area contributed by atoms with Crippen LogP contribution < -0.4 is 5.43 Å². The van der Waals surface area contributed by atoms with Crippen LogP contribution in [0.15, 0.2) is 16.7 Å². The van der Waals surface area contributed by atoms with E-state index in [9.17, 15) is 4.79 Å². The van der Waals surface area contributed by atoms with Crippen molar-refractivity contribution in [3.8, 4) is 0 Å². The third-order valence-electron chi connectivity index (χ3n) is 3.11. The number of aryl methyl sites for hydroxylation is 3. The molecule has 0 radical (unpaired) electrons. The number of hydrogen-bond donors (Lipinski definition) is 2. The highest BCUT2D eigenvalue weighted by atomic mass is 32.1. The largest absolute Gasteiger partial charge is 0.359 e. The lowest BCUT2D eigenvalue weighted by Gasteiger charge is -1.99. The van der Waals surface area contributed by atoms with Crippen molar-refractivity contribution in [1.82, 2.24) is 20.0 Å². The minimum atomic E-state index is -0.209. The Bertz CT molecular complexity index is 753. The van der Waals surface area contributed by atoms with Crippen LogP contribution in [0.25, 0.3) is 6.08 Å². The Morgan fingerprint density at radius 2 is 2.10 bits per heavy atom. The number of amides is 1. The van der Waals surface area contributed by atoms with E-state index in [-0.39, 0.29) is 5.91 Å². The topological polar surface area (TPSA) is 83.0 Å². The normalized spacial score (nSPS) is 16.6. The number of aromatic nitrogens is 3. The third kappa shape index (κ3) is 2.05. The van der Waals surface area contributed by atoms with Crippen LogP contribution in [0.1, 0.15) is 27.5 Å². The lowest BCUT2D eigenvalue weighted by atomic mass is 10.1. The predicted molar refractivity (Wildman–Crippen MR) is 77.6 cm³/mol. The summed E-state index contributed by atoms with van der Waals surface area (Å²) in [5, 5.41) is 8.06. The van der Waals surface area contributed by atoms with Gasteiger partial charge in [0.1, 0.15) is 5.71 Å². The first kappa shape index (κ1) is 12.7. The number of hydrogen-bond acceptors (Lipinski definition) is 5. The molecule has 2 N–H and O–H groups in total. The van der Waals surface area contributed by atoms with Gasteiger partial charge in [-0.25, -0.2) is 5.43 Å². The summed E-state index contributed by atoms with van der Waals surface area (Å²) in [4.78, 5) is 16.0. The van der Waals surface area contributed by atoms with E-state index < -0.39 is 0 Å². The van der Waals surface area contributed by atoms with Crippen molar-refractivity contribution in [3.63, 3.8) is 0 Å². The first-order chi connectivity index (χ1) is 9.56. The van der Waals surface area contributed by atoms with E-state index in [1.54, 1.807) is 0 Å². The maximum absolute atomic E-state index is 12.0. The Morgan fingerprint density at radius 1 is 1.30 bits per heavy atom. The molecule has 0 spiro atoms. The van der Waals surface area contributed by atoms with Gasteiger partial charge < -0.3 is 4.98 Å². The summed E-state index contributed by atoms with van der Waals surface area (Å²) in [5.41, 5.74) is 7.47. The maximum atomic E-state index is 12.0. The van der Waals surface area contributed by atoms with Crippen molar-refractivity contribution >= 4 is 29.2 Å². The van der Waals surface area contributed by atoms with Crippen molar-refractivity contribution in [2.24, 2.45) is 5.10 Å². The number of hydrazone groups is 1. The van der Waals surface area contributed by atoms with Gasteiger partial charge in [-0.2, -0.15) is 5.10 Å². The Balaban J connectivity index is 2.07. The van der Waals surface area contributed by atoms with Crippen molar-refractivity contribution in [2.45, 2.75) is 20.8 Å². The average Bonchev–Trinajstić information content (AvgIpc) is 3.03. The molecule has 1 amide bonds. The molecule has 0 saturated heterocycles. The Labute approximate surface area is 119 Å². The molecule has 0 bridgehead atoms. The summed E-state index contributed by atoms with van der Waals surface area (Å²) in [5.74, 6) is -0.209. The van der Waals surface area contributed by atoms with Crippen LogP contribution in [0.5, 0.6) is 0 Å². The number of carbonyl (C=O) groups excluding carboxylic acids is 1. The molecule has 3 rings (SSSR count). The molecule has 2 aromatic rings. The predicted octanol–water partition coefficient (Wildman–Crippen LogP) is 1.71. The lowest BCUT2D eigenvalue weighted by Crippen LogP contribution is -2.13. The Kier molecular flexibility index (Phi) is 2.98. The molecule has 0 fully saturated rings. The second kappa shape index (κ2) is 4.68. The molecule has 7 heteroatoms. The fraction of sp³-hybridized carbons (Fsp3) is 0.231. The fourth-order valence-corrected chi connectivity index (χ4v) is 2.79. The Morgan fingerprint density at radius 3 is 2.70 bits per heavy atom. The molecule has 0 atom stereocenters. The standard InChI is InChI=1S/C13H13N5OS/c1-6-4-7(2)14-10(6)5-9-11(16-17-13(9)19)12-8(3)15-18-20-12/h4-5,14H,1-3H3,(H,17,19)/b9-5-. The summed E-state index contributed by atoms with van der Waals surface area (Å²) in [6.45, 7) is 5.83. The number of H-pyrrole nitrogens is 1. The van der Waals surface area contributed by atoms with Crippen LogP contribution >= 0.6 is 11.5 Å². The molecule has 3 heterocycles. The molecule has 0 aromatic carbocycles. The quantitative estimate of drug-likeness (QED) is 0.825. The zero-order valence-corrected chi connectivity index (χ0v) is 12.1. The lowest BCUT2D eigenvalue weighted by molar-refractivity contribution is -0.116. The highest BCUT2D eigenvalue weighted by Gasteiger charge is 2.27. The molecular formula is C13H13N5OS. The summed E-state index contributed by atoms with van der Waals surface area (Å²) < 4.78 is 3.89. The second-order valence-corrected chi connectivity index (χ2v) is 5.45. The molecule has 102 valence electrons. The molecule has 6 nitrogen and oxygen atoms in total. The smallest absolute Gasteiger partial charge is 0.273 e. The zero-order valence-electron chi connectivity index (χ0n) is 11.3. The molecule has 0 saturated carbocycles. The third-order valence-corrected chi connectivity index (χ3v) is 3.95. The number of aromatic amines is 1. The zero-order chi connectivity index (χ0) is 14.3. The van der Waals surface area contributed by atoms with Gasteiger partial charge in [0.05, 0.1) is 16.1 Å². The first-order valence-electron chi connectivity index (χ1n) is 6.12. The molecule has 1 aliphatic rings. The summed E-state index contributed by atoms with van der Waals surface area (Å²) >= 11 is 1.24. The maximum Gasteiger partial charge on any atom is 0.273 e. The molecule has 0 aliphatic carbocycles. The minimum Gasteiger partial charge on any atom is -0.359 e. The summed E-state index contributed by atoms with van der Waals surface area (Å²) in [7, 11) is 0. The number of carbonyl (C=O) groups is 1. The molecule has 0 unspecified atom stereocenters. The monoisotopic (exact) mass is 287 g/mol. The van der Waals surface area contributed by atoms with Gasteiger partial charge in [0.25, 0.3) is 5.91 Å². The molecule has 20 heavy (non-hydrogen) atoms. The van der Waals surface area contributed by atoms with E-state index in [0.29, 0.717) is 11.3 Å². The van der Waals surface area contributed by atoms with Crippen LogP contribution in [0.2, 0.25) is 0 Å². The van der Waals surface area contributed by atoms with Crippen LogP contribution in [0, 0.1) is 20.8 Å². The van der Waals surface area contributed by atoms with E-state index in [2.05, 4.69) is 25.1 Å². The van der Waals surface area contributed by atoms with Gasteiger partial charge in [-0.1, -0.05) is 4.49 Å². The summed E-state index contributed by atoms with van der Waals surface area (Å²) in [6.07, 6.45) is 1.82. The Hall–Kier alpha value is -2.28. The SMILES string of the molecule is Cc1cc(C)c(/C=C2\C(=O)NN=C2c2snnc2C)[nH]1. The molecule has 2 aromatic heterocycles. The highest BCUT2D eigenvalue weighted by molar-refractivity contribution is 7.08. The summed E-state index contributed by atoms with van der Waals surface area (Å²) in [6, 6.07) is 2.04. The minimum absolute atomic E-state index is 0.209. The fourth-order valence-electron chi connectivity index (χ4n) is 2.13. The molecular weight excluding hydrogens is 274 g/mol. The van der Waals surface area contributed by atoms with E-state index in [0.717, 1.165) is 27.5 Å². The van der Waals surface area contributed by atoms with Crippen molar-refractivity contribution < 1.29 is 4.79 Å². The van der Waals surface area contributed by atoms with Crippen LogP contribution in [-0.2, 0) is 4.79 Å². The van der Waals surface area contributed by atoms with Gasteiger partial charge >= 0.3 is 0 Å². The van der Waals surface area contributed by atoms with Crippen LogP contribution in [0.4, 0.5) is 0 Å².